The molecule has 0 radical (unpaired) electrons. The minimum atomic E-state index is -5.06. The highest BCUT2D eigenvalue weighted by atomic mass is 32.3. The van der Waals surface area contributed by atoms with E-state index in [1.54, 1.807) is 6.92 Å². The lowest BCUT2D eigenvalue weighted by molar-refractivity contribution is -0.275. The number of hydrogen-bond donors (Lipinski definition) is 3. The number of nitrogens with zero attached hydrogens (tertiary/aromatic N) is 1. The molecule has 176 valence electrons. The number of ether oxygens (including phenoxy) is 1. The molecule has 33 heavy (non-hydrogen) atoms. The van der Waals surface area contributed by atoms with Crippen molar-refractivity contribution in [1.29, 1.82) is 0 Å². The summed E-state index contributed by atoms with van der Waals surface area (Å²) in [6, 6.07) is 5.44. The fourth-order valence-corrected chi connectivity index (χ4v) is 4.58. The van der Waals surface area contributed by atoms with E-state index in [0.29, 0.717) is 0 Å². The van der Waals surface area contributed by atoms with E-state index in [4.69, 9.17) is 0 Å². The smallest absolute Gasteiger partial charge is 0.403 e. The Labute approximate surface area is 189 Å². The Kier molecular flexibility index (Phi) is 7.00. The first-order valence-electron chi connectivity index (χ1n) is 8.93. The number of carbonyl (C=O) groups excluding carboxylic acids is 1. The van der Waals surface area contributed by atoms with Gasteiger partial charge in [-0.2, -0.15) is 4.55 Å². The quantitative estimate of drug-likeness (QED) is 0.311. The number of aryl methyl sites for hydroxylation is 1. The molecular weight excluding hydrogens is 493 g/mol. The first-order valence-corrected chi connectivity index (χ1v) is 11.3. The van der Waals surface area contributed by atoms with Crippen LogP contribution in [0.1, 0.15) is 20.8 Å². The molecule has 1 unspecified atom stereocenters. The summed E-state index contributed by atoms with van der Waals surface area (Å²) < 4.78 is 93.2. The van der Waals surface area contributed by atoms with Crippen molar-refractivity contribution >= 4 is 32.8 Å². The second kappa shape index (κ2) is 9.41. The zero-order chi connectivity index (χ0) is 24.4. The molecule has 0 spiro atoms. The Hall–Kier alpha value is -3.10. The summed E-state index contributed by atoms with van der Waals surface area (Å²) in [5, 5.41) is 2.46. The minimum Gasteiger partial charge on any atom is -0.403 e. The number of aromatic nitrogens is 1. The molecule has 0 aliphatic heterocycles. The van der Waals surface area contributed by atoms with Crippen LogP contribution in [0.15, 0.2) is 47.5 Å². The number of amides is 1. The zero-order valence-corrected chi connectivity index (χ0v) is 18.2. The predicted octanol–water partition coefficient (Wildman–Crippen LogP) is 4.92. The van der Waals surface area contributed by atoms with Gasteiger partial charge in [-0.1, -0.05) is 17.4 Å². The van der Waals surface area contributed by atoms with Crippen molar-refractivity contribution in [1.82, 2.24) is 10.3 Å². The van der Waals surface area contributed by atoms with Crippen LogP contribution in [0.2, 0.25) is 0 Å². The molecular formula is C19H15F5N3O4S2+. The second-order valence-corrected chi connectivity index (χ2v) is 9.47. The fraction of sp³-hybridized carbons (Fsp3) is 0.158. The van der Waals surface area contributed by atoms with Crippen molar-refractivity contribution in [3.8, 4) is 5.75 Å². The molecule has 1 atom stereocenters. The van der Waals surface area contributed by atoms with Crippen molar-refractivity contribution in [2.24, 2.45) is 0 Å². The van der Waals surface area contributed by atoms with E-state index in [1.807, 2.05) is 0 Å². The molecule has 1 heterocycles. The fourth-order valence-electron chi connectivity index (χ4n) is 2.59. The van der Waals surface area contributed by atoms with Crippen molar-refractivity contribution in [3.63, 3.8) is 0 Å². The van der Waals surface area contributed by atoms with Gasteiger partial charge in [0.2, 0.25) is 5.13 Å². The van der Waals surface area contributed by atoms with Gasteiger partial charge in [-0.05, 0) is 41.0 Å². The van der Waals surface area contributed by atoms with Crippen LogP contribution in [0.3, 0.4) is 0 Å². The standard InChI is InChI=1S/C19H14F5N3O4S2/c1-10-8-26-18(32-10)27-33(29,30)16-5-3-12(7-14(16)21)17(28)25-9-11-2-4-15(13(20)6-11)31-19(22,23)24/h2-8H,9H2,1H3,(H2-,25,26,27,28,29,30)/p+1. The van der Waals surface area contributed by atoms with Crippen LogP contribution in [0, 0.1) is 18.6 Å². The van der Waals surface area contributed by atoms with E-state index in [2.05, 4.69) is 19.8 Å². The lowest BCUT2D eigenvalue weighted by Gasteiger charge is -2.11. The van der Waals surface area contributed by atoms with E-state index >= 15 is 0 Å². The van der Waals surface area contributed by atoms with E-state index in [-0.39, 0.29) is 22.8 Å². The van der Waals surface area contributed by atoms with Crippen LogP contribution in [0.4, 0.5) is 27.1 Å². The summed E-state index contributed by atoms with van der Waals surface area (Å²) in [5.74, 6) is -4.24. The predicted molar refractivity (Wildman–Crippen MR) is 110 cm³/mol. The van der Waals surface area contributed by atoms with Gasteiger partial charge < -0.3 is 10.1 Å². The molecule has 14 heteroatoms. The highest BCUT2D eigenvalue weighted by Gasteiger charge is 2.35. The summed E-state index contributed by atoms with van der Waals surface area (Å²) in [6.45, 7) is 1.45. The van der Waals surface area contributed by atoms with Gasteiger partial charge >= 0.3 is 16.8 Å². The number of alkyl halides is 3. The molecule has 0 aliphatic rings. The number of anilines is 1. The molecule has 1 amide bonds. The molecule has 7 nitrogen and oxygen atoms in total. The summed E-state index contributed by atoms with van der Waals surface area (Å²) in [6.07, 6.45) is -3.59. The Morgan fingerprint density at radius 3 is 2.48 bits per heavy atom. The van der Waals surface area contributed by atoms with Crippen LogP contribution in [0.5, 0.6) is 5.75 Å². The number of carbonyl (C=O) groups is 1. The van der Waals surface area contributed by atoms with Gasteiger partial charge in [-0.15, -0.1) is 17.9 Å². The van der Waals surface area contributed by atoms with Gasteiger partial charge in [0.05, 0.1) is 0 Å². The molecule has 0 saturated heterocycles. The van der Waals surface area contributed by atoms with Gasteiger partial charge in [0.15, 0.2) is 17.4 Å². The lowest BCUT2D eigenvalue weighted by atomic mass is 10.1. The van der Waals surface area contributed by atoms with Crippen molar-refractivity contribution in [2.75, 3.05) is 4.72 Å². The monoisotopic (exact) mass is 508 g/mol. The van der Waals surface area contributed by atoms with Gasteiger partial charge in [0, 0.05) is 29.2 Å². The van der Waals surface area contributed by atoms with E-state index < -0.39 is 44.9 Å². The number of benzene rings is 2. The summed E-state index contributed by atoms with van der Waals surface area (Å²) in [7, 11) is -4.04. The summed E-state index contributed by atoms with van der Waals surface area (Å²) >= 11 is 1.09. The van der Waals surface area contributed by atoms with Crippen LogP contribution in [0.25, 0.3) is 0 Å². The highest BCUT2D eigenvalue weighted by Crippen LogP contribution is 2.27. The van der Waals surface area contributed by atoms with Crippen LogP contribution >= 0.6 is 11.3 Å². The van der Waals surface area contributed by atoms with Crippen molar-refractivity contribution < 1.29 is 40.2 Å². The number of nitrogens with one attached hydrogen (secondary N) is 2. The average Bonchev–Trinajstić information content (AvgIpc) is 3.10. The van der Waals surface area contributed by atoms with E-state index in [1.165, 1.54) is 6.20 Å². The van der Waals surface area contributed by atoms with Crippen molar-refractivity contribution in [3.05, 3.63) is 70.2 Å². The molecule has 0 aliphatic carbocycles. The second-order valence-electron chi connectivity index (χ2n) is 6.54. The van der Waals surface area contributed by atoms with E-state index in [9.17, 15) is 35.5 Å². The molecule has 2 aromatic carbocycles. The Morgan fingerprint density at radius 1 is 1.18 bits per heavy atom. The van der Waals surface area contributed by atoms with Gasteiger partial charge in [0.25, 0.3) is 10.8 Å². The van der Waals surface area contributed by atoms with Crippen LogP contribution < -0.4 is 14.8 Å². The Balaban J connectivity index is 1.67. The first-order chi connectivity index (χ1) is 15.3. The number of hydrogen-bond acceptors (Lipinski definition) is 5. The zero-order valence-electron chi connectivity index (χ0n) is 16.6. The maximum absolute atomic E-state index is 14.5. The SMILES string of the molecule is Cc1cnc(N[S+](=O)(O)c2ccc(C(=O)NCc3ccc(OC(F)(F)F)c(F)c3)cc2F)s1. The maximum atomic E-state index is 14.5. The van der Waals surface area contributed by atoms with Crippen LogP contribution in [-0.2, 0) is 21.2 Å². The highest BCUT2D eigenvalue weighted by molar-refractivity contribution is 7.99. The van der Waals surface area contributed by atoms with E-state index in [0.717, 1.165) is 52.6 Å². The van der Waals surface area contributed by atoms with Gasteiger partial charge in [-0.3, -0.25) is 4.79 Å². The van der Waals surface area contributed by atoms with Gasteiger partial charge in [-0.25, -0.2) is 13.8 Å². The molecule has 1 aromatic heterocycles. The molecule has 0 saturated carbocycles. The first kappa shape index (κ1) is 24.5. The average molecular weight is 508 g/mol. The third-order valence-electron chi connectivity index (χ3n) is 4.01. The number of thiazole rings is 1. The van der Waals surface area contributed by atoms with Crippen molar-refractivity contribution in [2.45, 2.75) is 24.7 Å². The summed E-state index contributed by atoms with van der Waals surface area (Å²) in [4.78, 5) is 16.3. The largest absolute Gasteiger partial charge is 0.573 e. The Bertz CT molecular complexity index is 1230. The number of rotatable bonds is 7. The maximum Gasteiger partial charge on any atom is 0.573 e. The third kappa shape index (κ3) is 6.46. The Morgan fingerprint density at radius 2 is 1.91 bits per heavy atom. The molecule has 3 N–H and O–H groups in total. The van der Waals surface area contributed by atoms with Crippen LogP contribution in [-0.4, -0.2) is 21.8 Å². The molecule has 3 aromatic rings. The summed E-state index contributed by atoms with van der Waals surface area (Å²) in [5.41, 5.74) is -0.0807. The lowest BCUT2D eigenvalue weighted by Crippen LogP contribution is -2.25. The van der Waals surface area contributed by atoms with Gasteiger partial charge in [0.1, 0.15) is 0 Å². The topological polar surface area (TPSA) is 101 Å². The molecule has 3 rings (SSSR count). The molecule has 0 fully saturated rings. The number of halogens is 5. The normalized spacial score (nSPS) is 13.3. The minimum absolute atomic E-state index is 0.111. The third-order valence-corrected chi connectivity index (χ3v) is 6.37. The molecule has 0 bridgehead atoms.